The number of ketones is 1. The Bertz CT molecular complexity index is 867. The maximum Gasteiger partial charge on any atom is 0.200 e. The van der Waals surface area contributed by atoms with Crippen molar-refractivity contribution < 1.29 is 17.8 Å². The minimum absolute atomic E-state index is 0.0917. The molecule has 1 aliphatic heterocycles. The molecule has 4 nitrogen and oxygen atoms in total. The van der Waals surface area contributed by atoms with Gasteiger partial charge in [0.2, 0.25) is 5.78 Å². The number of thioether (sulfide) groups is 1. The van der Waals surface area contributed by atoms with Crippen LogP contribution in [0.4, 0.5) is 0 Å². The van der Waals surface area contributed by atoms with Crippen LogP contribution in [-0.2, 0) is 10.1 Å². The van der Waals surface area contributed by atoms with Gasteiger partial charge in [-0.3, -0.25) is 4.79 Å². The van der Waals surface area contributed by atoms with Crippen molar-refractivity contribution in [2.75, 3.05) is 0 Å². The zero-order valence-electron chi connectivity index (χ0n) is 10.6. The molecule has 0 aromatic heterocycles. The van der Waals surface area contributed by atoms with Gasteiger partial charge in [0.1, 0.15) is 10.1 Å². The van der Waals surface area contributed by atoms with E-state index in [0.29, 0.717) is 16.0 Å². The average molecular weight is 317 g/mol. The molecular formula is C15H9O4S2-. The lowest BCUT2D eigenvalue weighted by Gasteiger charge is -2.07. The Morgan fingerprint density at radius 1 is 1.05 bits per heavy atom. The van der Waals surface area contributed by atoms with Crippen molar-refractivity contribution in [3.05, 3.63) is 64.6 Å². The van der Waals surface area contributed by atoms with Crippen molar-refractivity contribution in [1.82, 2.24) is 0 Å². The van der Waals surface area contributed by atoms with Gasteiger partial charge >= 0.3 is 0 Å². The molecular weight excluding hydrogens is 308 g/mol. The second kappa shape index (κ2) is 5.14. The molecule has 0 bridgehead atoms. The quantitative estimate of drug-likeness (QED) is 0.629. The molecule has 6 heteroatoms. The van der Waals surface area contributed by atoms with Crippen molar-refractivity contribution in [1.29, 1.82) is 0 Å². The fourth-order valence-corrected chi connectivity index (χ4v) is 3.62. The number of rotatable bonds is 2. The molecule has 0 saturated heterocycles. The number of carbonyl (C=O) groups excluding carboxylic acids is 1. The Balaban J connectivity index is 2.00. The van der Waals surface area contributed by atoms with E-state index in [-0.39, 0.29) is 10.7 Å². The molecule has 0 atom stereocenters. The Morgan fingerprint density at radius 2 is 1.81 bits per heavy atom. The molecule has 2 aromatic carbocycles. The number of hydrogen-bond acceptors (Lipinski definition) is 5. The van der Waals surface area contributed by atoms with Crippen LogP contribution < -0.4 is 0 Å². The number of Topliss-reactive ketones (excluding diaryl/α,β-unsaturated/α-hetero) is 1. The number of allylic oxidation sites excluding steroid dienone is 1. The molecule has 0 N–H and O–H groups in total. The summed E-state index contributed by atoms with van der Waals surface area (Å²) in [6.45, 7) is 0. The van der Waals surface area contributed by atoms with E-state index in [2.05, 4.69) is 0 Å². The Morgan fingerprint density at radius 3 is 2.52 bits per heavy atom. The van der Waals surface area contributed by atoms with Gasteiger partial charge in [-0.1, -0.05) is 36.0 Å². The summed E-state index contributed by atoms with van der Waals surface area (Å²) in [5.74, 6) is -0.0917. The predicted molar refractivity (Wildman–Crippen MR) is 79.0 cm³/mol. The topological polar surface area (TPSA) is 74.3 Å². The van der Waals surface area contributed by atoms with Crippen molar-refractivity contribution in [2.45, 2.75) is 9.79 Å². The van der Waals surface area contributed by atoms with E-state index in [9.17, 15) is 17.8 Å². The van der Waals surface area contributed by atoms with Crippen LogP contribution in [0.15, 0.2) is 63.2 Å². The molecule has 0 fully saturated rings. The summed E-state index contributed by atoms with van der Waals surface area (Å²) in [6.07, 6.45) is 1.60. The maximum absolute atomic E-state index is 12.2. The molecule has 0 saturated carbocycles. The molecule has 21 heavy (non-hydrogen) atoms. The van der Waals surface area contributed by atoms with E-state index < -0.39 is 10.1 Å². The second-order valence-corrected chi connectivity index (χ2v) is 6.93. The molecule has 0 radical (unpaired) electrons. The molecule has 1 aliphatic rings. The Kier molecular flexibility index (Phi) is 3.44. The van der Waals surface area contributed by atoms with Gasteiger partial charge in [-0.05, 0) is 35.9 Å². The monoisotopic (exact) mass is 317 g/mol. The van der Waals surface area contributed by atoms with E-state index >= 15 is 0 Å². The lowest BCUT2D eigenvalue weighted by atomic mass is 10.1. The first-order chi connectivity index (χ1) is 9.95. The van der Waals surface area contributed by atoms with Crippen molar-refractivity contribution in [2.24, 2.45) is 0 Å². The van der Waals surface area contributed by atoms with Crippen LogP contribution in [0.3, 0.4) is 0 Å². The largest absolute Gasteiger partial charge is 0.744 e. The highest BCUT2D eigenvalue weighted by Gasteiger charge is 2.25. The highest BCUT2D eigenvalue weighted by molar-refractivity contribution is 8.04. The molecule has 1 heterocycles. The first-order valence-corrected chi connectivity index (χ1v) is 8.27. The average Bonchev–Trinajstić information content (AvgIpc) is 2.75. The van der Waals surface area contributed by atoms with Gasteiger partial charge in [0, 0.05) is 10.5 Å². The fraction of sp³-hybridized carbons (Fsp3) is 0. The summed E-state index contributed by atoms with van der Waals surface area (Å²) in [7, 11) is -4.50. The SMILES string of the molecule is O=C1/C(=C\c2cccc(S(=O)(=O)[O-])c2)Sc2ccccc21. The minimum Gasteiger partial charge on any atom is -0.744 e. The molecule has 0 unspecified atom stereocenters. The van der Waals surface area contributed by atoms with Crippen molar-refractivity contribution in [3.63, 3.8) is 0 Å². The van der Waals surface area contributed by atoms with Crippen LogP contribution in [0.5, 0.6) is 0 Å². The summed E-state index contributed by atoms with van der Waals surface area (Å²) < 4.78 is 33.1. The Labute approximate surface area is 126 Å². The summed E-state index contributed by atoms with van der Waals surface area (Å²) >= 11 is 1.34. The van der Waals surface area contributed by atoms with E-state index in [1.54, 1.807) is 24.3 Å². The lowest BCUT2D eigenvalue weighted by molar-refractivity contribution is 0.104. The molecule has 3 rings (SSSR count). The van der Waals surface area contributed by atoms with Crippen LogP contribution in [0.1, 0.15) is 15.9 Å². The van der Waals surface area contributed by atoms with E-state index in [0.717, 1.165) is 4.90 Å². The smallest absolute Gasteiger partial charge is 0.200 e. The minimum atomic E-state index is -4.50. The standard InChI is InChI=1S/C15H10O4S2/c16-15-12-6-1-2-7-13(12)20-14(15)9-10-4-3-5-11(8-10)21(17,18)19/h1-9H,(H,17,18,19)/p-1/b14-9+. The third-order valence-corrected chi connectivity index (χ3v) is 4.95. The molecule has 0 amide bonds. The molecule has 0 spiro atoms. The second-order valence-electron chi connectivity index (χ2n) is 4.46. The van der Waals surface area contributed by atoms with Gasteiger partial charge in [0.15, 0.2) is 0 Å². The summed E-state index contributed by atoms with van der Waals surface area (Å²) in [5, 5.41) is 0. The van der Waals surface area contributed by atoms with Gasteiger partial charge in [0.05, 0.1) is 9.80 Å². The van der Waals surface area contributed by atoms with Crippen LogP contribution in [0.2, 0.25) is 0 Å². The van der Waals surface area contributed by atoms with Crippen molar-refractivity contribution >= 4 is 33.7 Å². The summed E-state index contributed by atoms with van der Waals surface area (Å²) in [4.78, 5) is 13.3. The highest BCUT2D eigenvalue weighted by Crippen LogP contribution is 2.40. The van der Waals surface area contributed by atoms with E-state index in [1.165, 1.54) is 30.0 Å². The first kappa shape index (κ1) is 14.1. The predicted octanol–water partition coefficient (Wildman–Crippen LogP) is 2.92. The van der Waals surface area contributed by atoms with Gasteiger partial charge in [-0.2, -0.15) is 0 Å². The van der Waals surface area contributed by atoms with Crippen LogP contribution in [-0.4, -0.2) is 18.8 Å². The van der Waals surface area contributed by atoms with Gasteiger partial charge in [0.25, 0.3) is 0 Å². The zero-order chi connectivity index (χ0) is 15.0. The lowest BCUT2D eigenvalue weighted by Crippen LogP contribution is -1.98. The molecule has 2 aromatic rings. The maximum atomic E-state index is 12.2. The normalized spacial score (nSPS) is 16.2. The number of benzene rings is 2. The highest BCUT2D eigenvalue weighted by atomic mass is 32.2. The summed E-state index contributed by atoms with van der Waals surface area (Å²) in [6, 6.07) is 12.9. The third kappa shape index (κ3) is 2.78. The number of hydrogen-bond donors (Lipinski definition) is 0. The third-order valence-electron chi connectivity index (χ3n) is 3.02. The number of carbonyl (C=O) groups is 1. The summed E-state index contributed by atoms with van der Waals surface area (Å²) in [5.41, 5.74) is 1.15. The zero-order valence-corrected chi connectivity index (χ0v) is 12.3. The van der Waals surface area contributed by atoms with E-state index in [4.69, 9.17) is 0 Å². The van der Waals surface area contributed by atoms with Crippen molar-refractivity contribution in [3.8, 4) is 0 Å². The molecule has 106 valence electrons. The van der Waals surface area contributed by atoms with Crippen LogP contribution >= 0.6 is 11.8 Å². The van der Waals surface area contributed by atoms with Gasteiger partial charge < -0.3 is 4.55 Å². The Hall–Kier alpha value is -1.89. The van der Waals surface area contributed by atoms with Crippen LogP contribution in [0.25, 0.3) is 6.08 Å². The number of fused-ring (bicyclic) bond motifs is 1. The van der Waals surface area contributed by atoms with E-state index in [1.807, 2.05) is 12.1 Å². The first-order valence-electron chi connectivity index (χ1n) is 6.04. The van der Waals surface area contributed by atoms with Gasteiger partial charge in [-0.25, -0.2) is 8.42 Å². The van der Waals surface area contributed by atoms with Gasteiger partial charge in [-0.15, -0.1) is 0 Å². The fourth-order valence-electron chi connectivity index (χ4n) is 2.05. The molecule has 0 aliphatic carbocycles. The van der Waals surface area contributed by atoms with Crippen LogP contribution in [0, 0.1) is 0 Å².